The third kappa shape index (κ3) is 2.99. The third-order valence-corrected chi connectivity index (χ3v) is 4.65. The Hall–Kier alpha value is -2.74. The molecule has 2 aliphatic heterocycles. The number of nitrogens with two attached hydrogens (primary N) is 1. The summed E-state index contributed by atoms with van der Waals surface area (Å²) in [6.45, 7) is 5.30. The van der Waals surface area contributed by atoms with Gasteiger partial charge in [0.25, 0.3) is 0 Å². The average molecular weight is 376 g/mol. The molecule has 27 heavy (non-hydrogen) atoms. The molecule has 0 bridgehead atoms. The van der Waals surface area contributed by atoms with Crippen molar-refractivity contribution in [3.05, 3.63) is 58.9 Å². The largest absolute Gasteiger partial charge is 0.490 e. The van der Waals surface area contributed by atoms with E-state index in [1.165, 1.54) is 11.9 Å². The van der Waals surface area contributed by atoms with Crippen LogP contribution in [0.5, 0.6) is 0 Å². The highest BCUT2D eigenvalue weighted by Gasteiger charge is 2.58. The number of hydrazine groups is 1. The van der Waals surface area contributed by atoms with Crippen molar-refractivity contribution < 1.29 is 18.3 Å². The molecule has 3 N–H and O–H groups in total. The fourth-order valence-corrected chi connectivity index (χ4v) is 3.56. The fraction of sp³-hybridized carbons (Fsp3) is 0.368. The van der Waals surface area contributed by atoms with Crippen molar-refractivity contribution in [2.24, 2.45) is 10.7 Å². The lowest BCUT2D eigenvalue weighted by Gasteiger charge is -2.36. The Kier molecular flexibility index (Phi) is 5.01. The number of halogens is 2. The van der Waals surface area contributed by atoms with Crippen LogP contribution in [0, 0.1) is 11.6 Å². The number of allylic oxidation sites excluding steroid dienone is 2. The summed E-state index contributed by atoms with van der Waals surface area (Å²) >= 11 is 0. The molecular formula is C19H22F2N4O2. The Morgan fingerprint density at radius 1 is 1.48 bits per heavy atom. The van der Waals surface area contributed by atoms with Crippen LogP contribution in [0.1, 0.15) is 32.8 Å². The zero-order chi connectivity index (χ0) is 19.8. The Balaban J connectivity index is 2.22. The predicted octanol–water partition coefficient (Wildman–Crippen LogP) is 2.37. The van der Waals surface area contributed by atoms with Gasteiger partial charge < -0.3 is 10.5 Å². The summed E-state index contributed by atoms with van der Waals surface area (Å²) in [5.41, 5.74) is 7.94. The number of rotatable bonds is 4. The van der Waals surface area contributed by atoms with Crippen LogP contribution in [0.4, 0.5) is 8.78 Å². The van der Waals surface area contributed by atoms with Crippen molar-refractivity contribution in [3.63, 3.8) is 0 Å². The lowest BCUT2D eigenvalue weighted by Crippen LogP contribution is -2.58. The van der Waals surface area contributed by atoms with Crippen molar-refractivity contribution in [1.29, 1.82) is 0 Å². The highest BCUT2D eigenvalue weighted by molar-refractivity contribution is 6.02. The topological polar surface area (TPSA) is 80.0 Å². The smallest absolute Gasteiger partial charge is 0.240 e. The van der Waals surface area contributed by atoms with Gasteiger partial charge in [0.05, 0.1) is 5.56 Å². The van der Waals surface area contributed by atoms with Crippen molar-refractivity contribution >= 4 is 11.7 Å². The number of nitrogens with zero attached hydrogens (tertiary/aromatic N) is 2. The van der Waals surface area contributed by atoms with E-state index >= 15 is 0 Å². The van der Waals surface area contributed by atoms with E-state index < -0.39 is 23.4 Å². The van der Waals surface area contributed by atoms with Gasteiger partial charge in [0, 0.05) is 18.9 Å². The van der Waals surface area contributed by atoms with Crippen LogP contribution in [0.3, 0.4) is 0 Å². The van der Waals surface area contributed by atoms with Gasteiger partial charge in [-0.2, -0.15) is 0 Å². The minimum atomic E-state index is -1.24. The Bertz CT molecular complexity index is 865. The molecule has 3 rings (SSSR count). The van der Waals surface area contributed by atoms with Crippen molar-refractivity contribution in [1.82, 2.24) is 10.4 Å². The van der Waals surface area contributed by atoms with Crippen LogP contribution in [0.25, 0.3) is 0 Å². The number of carbonyl (C=O) groups is 1. The normalized spacial score (nSPS) is 24.6. The summed E-state index contributed by atoms with van der Waals surface area (Å²) in [6, 6.07) is 3.09. The molecule has 2 unspecified atom stereocenters. The van der Waals surface area contributed by atoms with Gasteiger partial charge in [-0.25, -0.2) is 18.8 Å². The average Bonchev–Trinajstić information content (AvgIpc) is 3.13. The van der Waals surface area contributed by atoms with E-state index in [1.54, 1.807) is 13.0 Å². The molecule has 0 aromatic heterocycles. The Morgan fingerprint density at radius 2 is 2.22 bits per heavy atom. The van der Waals surface area contributed by atoms with Gasteiger partial charge in [-0.05, 0) is 38.6 Å². The Morgan fingerprint density at radius 3 is 2.85 bits per heavy atom. The SMILES string of the molecule is C/C=C\C1=C(C)OC(CCN)C12N=C(c1cc(F)ccc1F)NN2C(C)=O. The summed E-state index contributed by atoms with van der Waals surface area (Å²) in [6.07, 6.45) is 3.48. The monoisotopic (exact) mass is 376 g/mol. The van der Waals surface area contributed by atoms with E-state index in [0.717, 1.165) is 18.2 Å². The van der Waals surface area contributed by atoms with Gasteiger partial charge in [0.2, 0.25) is 11.6 Å². The standard InChI is InChI=1S/C19H22F2N4O2/c1-4-5-15-11(2)27-17(8-9-22)19(15)23-18(24-25(19)12(3)26)14-10-13(20)6-7-16(14)21/h4-7,10,17H,8-9,22H2,1-3H3,(H,23,24)/b5-4-. The zero-order valence-corrected chi connectivity index (χ0v) is 15.4. The summed E-state index contributed by atoms with van der Waals surface area (Å²) in [5, 5.41) is 1.30. The van der Waals surface area contributed by atoms with Crippen molar-refractivity contribution in [2.45, 2.75) is 39.0 Å². The maximum atomic E-state index is 14.3. The minimum absolute atomic E-state index is 0.0597. The van der Waals surface area contributed by atoms with Crippen LogP contribution < -0.4 is 11.2 Å². The molecule has 1 aromatic rings. The van der Waals surface area contributed by atoms with Gasteiger partial charge >= 0.3 is 0 Å². The number of benzene rings is 1. The van der Waals surface area contributed by atoms with Gasteiger partial charge in [0.15, 0.2) is 5.84 Å². The Labute approximate surface area is 156 Å². The lowest BCUT2D eigenvalue weighted by atomic mass is 9.92. The van der Waals surface area contributed by atoms with Gasteiger partial charge in [-0.3, -0.25) is 10.2 Å². The number of hydrogen-bond acceptors (Lipinski definition) is 5. The number of ether oxygens (including phenoxy) is 1. The number of amides is 1. The molecule has 2 atom stereocenters. The molecule has 1 amide bonds. The molecule has 0 radical (unpaired) electrons. The maximum Gasteiger partial charge on any atom is 0.240 e. The summed E-state index contributed by atoms with van der Waals surface area (Å²) in [5.74, 6) is -0.930. The molecule has 0 aliphatic carbocycles. The fourth-order valence-electron chi connectivity index (χ4n) is 3.56. The van der Waals surface area contributed by atoms with Gasteiger partial charge in [-0.1, -0.05) is 12.2 Å². The second kappa shape index (κ2) is 7.11. The van der Waals surface area contributed by atoms with Crippen LogP contribution in [0.2, 0.25) is 0 Å². The molecule has 6 nitrogen and oxygen atoms in total. The van der Waals surface area contributed by atoms with E-state index in [-0.39, 0.29) is 17.3 Å². The van der Waals surface area contributed by atoms with Crippen molar-refractivity contribution in [3.8, 4) is 0 Å². The molecule has 8 heteroatoms. The molecule has 0 saturated carbocycles. The van der Waals surface area contributed by atoms with Crippen molar-refractivity contribution in [2.75, 3.05) is 6.54 Å². The summed E-state index contributed by atoms with van der Waals surface area (Å²) in [7, 11) is 0. The first-order chi connectivity index (χ1) is 12.8. The van der Waals surface area contributed by atoms with Crippen LogP contribution >= 0.6 is 0 Å². The van der Waals surface area contributed by atoms with E-state index in [9.17, 15) is 13.6 Å². The van der Waals surface area contributed by atoms with Gasteiger partial charge in [0.1, 0.15) is 23.5 Å². The lowest BCUT2D eigenvalue weighted by molar-refractivity contribution is -0.138. The first kappa shape index (κ1) is 19.0. The first-order valence-electron chi connectivity index (χ1n) is 8.68. The first-order valence-corrected chi connectivity index (χ1v) is 8.68. The highest BCUT2D eigenvalue weighted by atomic mass is 19.1. The summed E-state index contributed by atoms with van der Waals surface area (Å²) in [4.78, 5) is 17.1. The van der Waals surface area contributed by atoms with Crippen LogP contribution in [0.15, 0.2) is 46.7 Å². The second-order valence-electron chi connectivity index (χ2n) is 6.43. The number of carbonyl (C=O) groups excluding carboxylic acids is 1. The molecule has 0 saturated heterocycles. The van der Waals surface area contributed by atoms with Crippen LogP contribution in [-0.4, -0.2) is 35.1 Å². The third-order valence-electron chi connectivity index (χ3n) is 4.65. The molecule has 0 fully saturated rings. The molecule has 144 valence electrons. The van der Waals surface area contributed by atoms with E-state index in [2.05, 4.69) is 10.4 Å². The highest BCUT2D eigenvalue weighted by Crippen LogP contribution is 2.44. The zero-order valence-electron chi connectivity index (χ0n) is 15.4. The number of amidine groups is 1. The molecule has 1 spiro atoms. The predicted molar refractivity (Wildman–Crippen MR) is 97.3 cm³/mol. The van der Waals surface area contributed by atoms with Crippen LogP contribution in [-0.2, 0) is 9.53 Å². The minimum Gasteiger partial charge on any atom is -0.490 e. The quantitative estimate of drug-likeness (QED) is 0.846. The van der Waals surface area contributed by atoms with E-state index in [0.29, 0.717) is 24.3 Å². The second-order valence-corrected chi connectivity index (χ2v) is 6.43. The number of aliphatic imine (C=N–C) groups is 1. The number of hydrogen-bond donors (Lipinski definition) is 2. The molecule has 2 aliphatic rings. The van der Waals surface area contributed by atoms with E-state index in [1.807, 2.05) is 13.0 Å². The molecule has 2 heterocycles. The maximum absolute atomic E-state index is 14.3. The summed E-state index contributed by atoms with van der Waals surface area (Å²) < 4.78 is 34.0. The van der Waals surface area contributed by atoms with Gasteiger partial charge in [-0.15, -0.1) is 0 Å². The van der Waals surface area contributed by atoms with E-state index in [4.69, 9.17) is 10.5 Å². The number of nitrogens with one attached hydrogen (secondary N) is 1. The molecule has 1 aromatic carbocycles. The molecular weight excluding hydrogens is 354 g/mol.